The van der Waals surface area contributed by atoms with Gasteiger partial charge in [0.15, 0.2) is 0 Å². The van der Waals surface area contributed by atoms with E-state index in [2.05, 4.69) is 23.7 Å². The number of benzene rings is 1. The maximum Gasteiger partial charge on any atom is 0.305 e. The van der Waals surface area contributed by atoms with E-state index in [-0.39, 0.29) is 4.87 Å². The van der Waals surface area contributed by atoms with E-state index >= 15 is 0 Å². The van der Waals surface area contributed by atoms with E-state index in [1.54, 1.807) is 0 Å². The molecule has 0 bridgehead atoms. The number of ether oxygens (including phenoxy) is 1. The summed E-state index contributed by atoms with van der Waals surface area (Å²) in [5, 5.41) is 0. The second-order valence-electron chi connectivity index (χ2n) is 5.55. The van der Waals surface area contributed by atoms with Crippen LogP contribution in [0, 0.1) is 0 Å². The summed E-state index contributed by atoms with van der Waals surface area (Å²) in [7, 11) is 0. The van der Waals surface area contributed by atoms with Gasteiger partial charge in [-0.15, -0.1) is 0 Å². The Bertz CT molecular complexity index is 640. The van der Waals surface area contributed by atoms with Crippen molar-refractivity contribution in [1.29, 1.82) is 0 Å². The van der Waals surface area contributed by atoms with Crippen LogP contribution in [0.3, 0.4) is 0 Å². The van der Waals surface area contributed by atoms with Crippen LogP contribution in [0.25, 0.3) is 11.3 Å². The van der Waals surface area contributed by atoms with Crippen molar-refractivity contribution in [1.82, 2.24) is 9.88 Å². The van der Waals surface area contributed by atoms with E-state index in [0.29, 0.717) is 6.61 Å². The Balaban J connectivity index is 2.23. The standard InChI is InChI=1S/C18H26N2O2S/c1-4-11-20(12-5-2)13-16-17(19-18(21)23-16)14-7-9-15(10-8-14)22-6-3/h7-10H,4-6,11-13H2,1-3H3,(H,19,21). The summed E-state index contributed by atoms with van der Waals surface area (Å²) in [6.07, 6.45) is 2.25. The van der Waals surface area contributed by atoms with Crippen LogP contribution in [0.1, 0.15) is 38.5 Å². The van der Waals surface area contributed by atoms with Crippen LogP contribution >= 0.6 is 11.3 Å². The molecule has 0 aliphatic heterocycles. The highest BCUT2D eigenvalue weighted by Gasteiger charge is 2.14. The number of aromatic amines is 1. The lowest BCUT2D eigenvalue weighted by atomic mass is 10.1. The molecular formula is C18H26N2O2S. The van der Waals surface area contributed by atoms with Gasteiger partial charge in [0.05, 0.1) is 12.3 Å². The Morgan fingerprint density at radius 1 is 1.09 bits per heavy atom. The molecule has 1 aromatic heterocycles. The molecule has 0 aliphatic rings. The molecule has 0 radical (unpaired) electrons. The zero-order valence-corrected chi connectivity index (χ0v) is 15.0. The predicted molar refractivity (Wildman–Crippen MR) is 97.4 cm³/mol. The molecule has 0 saturated heterocycles. The van der Waals surface area contributed by atoms with Crippen LogP contribution in [0.4, 0.5) is 0 Å². The Morgan fingerprint density at radius 2 is 1.74 bits per heavy atom. The average molecular weight is 334 g/mol. The Labute approximate surface area is 142 Å². The van der Waals surface area contributed by atoms with Crippen molar-refractivity contribution in [3.05, 3.63) is 38.8 Å². The first-order valence-corrected chi connectivity index (χ1v) is 9.17. The minimum atomic E-state index is 0.0110. The topological polar surface area (TPSA) is 45.3 Å². The normalized spacial score (nSPS) is 11.1. The second kappa shape index (κ2) is 8.89. The lowest BCUT2D eigenvalue weighted by Crippen LogP contribution is -2.24. The predicted octanol–water partition coefficient (Wildman–Crippen LogP) is 4.12. The van der Waals surface area contributed by atoms with Crippen LogP contribution in [-0.2, 0) is 6.54 Å². The molecule has 4 nitrogen and oxygen atoms in total. The van der Waals surface area contributed by atoms with Crippen molar-refractivity contribution in [2.24, 2.45) is 0 Å². The highest BCUT2D eigenvalue weighted by atomic mass is 32.1. The Morgan fingerprint density at radius 3 is 2.30 bits per heavy atom. The third-order valence-corrected chi connectivity index (χ3v) is 4.49. The summed E-state index contributed by atoms with van der Waals surface area (Å²) >= 11 is 1.32. The number of nitrogens with zero attached hydrogens (tertiary/aromatic N) is 1. The molecule has 0 saturated carbocycles. The van der Waals surface area contributed by atoms with Crippen molar-refractivity contribution in [3.8, 4) is 17.0 Å². The number of nitrogens with one attached hydrogen (secondary N) is 1. The highest BCUT2D eigenvalue weighted by molar-refractivity contribution is 7.09. The SMILES string of the molecule is CCCN(CCC)Cc1sc(=O)[nH]c1-c1ccc(OCC)cc1. The number of H-pyrrole nitrogens is 1. The monoisotopic (exact) mass is 334 g/mol. The van der Waals surface area contributed by atoms with E-state index in [9.17, 15) is 4.79 Å². The summed E-state index contributed by atoms with van der Waals surface area (Å²) in [6, 6.07) is 7.93. The van der Waals surface area contributed by atoms with Gasteiger partial charge in [-0.3, -0.25) is 9.69 Å². The lowest BCUT2D eigenvalue weighted by molar-refractivity contribution is 0.269. The molecule has 0 fully saturated rings. The number of aromatic nitrogens is 1. The summed E-state index contributed by atoms with van der Waals surface area (Å²) in [5.74, 6) is 0.856. The van der Waals surface area contributed by atoms with Crippen LogP contribution in [-0.4, -0.2) is 29.6 Å². The van der Waals surface area contributed by atoms with Gasteiger partial charge in [-0.1, -0.05) is 25.2 Å². The molecule has 2 rings (SSSR count). The third kappa shape index (κ3) is 4.94. The first kappa shape index (κ1) is 17.8. The highest BCUT2D eigenvalue weighted by Crippen LogP contribution is 2.26. The number of hydrogen-bond acceptors (Lipinski definition) is 4. The summed E-state index contributed by atoms with van der Waals surface area (Å²) in [6.45, 7) is 9.95. The van der Waals surface area contributed by atoms with Gasteiger partial charge in [0.25, 0.3) is 0 Å². The molecule has 23 heavy (non-hydrogen) atoms. The summed E-state index contributed by atoms with van der Waals surface area (Å²) in [4.78, 5) is 18.4. The van der Waals surface area contributed by atoms with Crippen LogP contribution in [0.15, 0.2) is 29.1 Å². The maximum absolute atomic E-state index is 11.9. The minimum Gasteiger partial charge on any atom is -0.494 e. The molecule has 1 aromatic carbocycles. The molecule has 0 amide bonds. The van der Waals surface area contributed by atoms with Gasteiger partial charge < -0.3 is 9.72 Å². The number of thiazole rings is 1. The Kier molecular flexibility index (Phi) is 6.86. The van der Waals surface area contributed by atoms with E-state index in [1.165, 1.54) is 11.3 Å². The van der Waals surface area contributed by atoms with Gasteiger partial charge in [-0.25, -0.2) is 0 Å². The molecule has 126 valence electrons. The average Bonchev–Trinajstić information content (AvgIpc) is 2.89. The van der Waals surface area contributed by atoms with E-state index in [0.717, 1.165) is 54.4 Å². The van der Waals surface area contributed by atoms with Gasteiger partial charge in [0, 0.05) is 11.4 Å². The van der Waals surface area contributed by atoms with Crippen molar-refractivity contribution in [3.63, 3.8) is 0 Å². The maximum atomic E-state index is 11.9. The molecule has 1 N–H and O–H groups in total. The fraction of sp³-hybridized carbons (Fsp3) is 0.500. The van der Waals surface area contributed by atoms with Crippen molar-refractivity contribution in [2.75, 3.05) is 19.7 Å². The van der Waals surface area contributed by atoms with Gasteiger partial charge >= 0.3 is 4.87 Å². The lowest BCUT2D eigenvalue weighted by Gasteiger charge is -2.20. The molecule has 2 aromatic rings. The van der Waals surface area contributed by atoms with Gasteiger partial charge in [-0.2, -0.15) is 0 Å². The number of rotatable bonds is 9. The molecule has 0 spiro atoms. The van der Waals surface area contributed by atoms with E-state index in [1.807, 2.05) is 31.2 Å². The van der Waals surface area contributed by atoms with Crippen molar-refractivity contribution >= 4 is 11.3 Å². The van der Waals surface area contributed by atoms with Crippen LogP contribution in [0.5, 0.6) is 5.75 Å². The van der Waals surface area contributed by atoms with Gasteiger partial charge in [-0.05, 0) is 62.7 Å². The smallest absolute Gasteiger partial charge is 0.305 e. The molecular weight excluding hydrogens is 308 g/mol. The molecule has 0 atom stereocenters. The summed E-state index contributed by atoms with van der Waals surface area (Å²) < 4.78 is 5.48. The van der Waals surface area contributed by atoms with Gasteiger partial charge in [0.2, 0.25) is 0 Å². The fourth-order valence-electron chi connectivity index (χ4n) is 2.69. The molecule has 0 unspecified atom stereocenters. The fourth-order valence-corrected chi connectivity index (χ4v) is 3.59. The Hall–Kier alpha value is -1.59. The molecule has 1 heterocycles. The van der Waals surface area contributed by atoms with Crippen LogP contribution in [0.2, 0.25) is 0 Å². The van der Waals surface area contributed by atoms with E-state index < -0.39 is 0 Å². The van der Waals surface area contributed by atoms with Gasteiger partial charge in [0.1, 0.15) is 5.75 Å². The zero-order chi connectivity index (χ0) is 16.7. The molecule has 0 aliphatic carbocycles. The largest absolute Gasteiger partial charge is 0.494 e. The third-order valence-electron chi connectivity index (χ3n) is 3.62. The first-order chi connectivity index (χ1) is 11.2. The second-order valence-corrected chi connectivity index (χ2v) is 6.61. The zero-order valence-electron chi connectivity index (χ0n) is 14.2. The quantitative estimate of drug-likeness (QED) is 0.750. The van der Waals surface area contributed by atoms with Crippen molar-refractivity contribution in [2.45, 2.75) is 40.2 Å². The number of hydrogen-bond donors (Lipinski definition) is 1. The van der Waals surface area contributed by atoms with E-state index in [4.69, 9.17) is 4.74 Å². The molecule has 5 heteroatoms. The first-order valence-electron chi connectivity index (χ1n) is 8.35. The summed E-state index contributed by atoms with van der Waals surface area (Å²) in [5.41, 5.74) is 1.98. The van der Waals surface area contributed by atoms with Crippen LogP contribution < -0.4 is 9.61 Å². The minimum absolute atomic E-state index is 0.0110. The van der Waals surface area contributed by atoms with Crippen molar-refractivity contribution < 1.29 is 4.74 Å².